The third-order valence-electron chi connectivity index (χ3n) is 5.99. The molecule has 2 aromatic heterocycles. The summed E-state index contributed by atoms with van der Waals surface area (Å²) in [5.41, 5.74) is 8.88. The first-order valence-electron chi connectivity index (χ1n) is 11.0. The number of hydrogen-bond donors (Lipinski definition) is 3. The number of nitrogens with one attached hydrogen (secondary N) is 2. The van der Waals surface area contributed by atoms with Crippen LogP contribution in [0.5, 0.6) is 0 Å². The molecule has 3 heterocycles. The van der Waals surface area contributed by atoms with Gasteiger partial charge >= 0.3 is 0 Å². The highest BCUT2D eigenvalue weighted by atomic mass is 19.1. The van der Waals surface area contributed by atoms with Gasteiger partial charge in [-0.3, -0.25) is 4.79 Å². The van der Waals surface area contributed by atoms with Gasteiger partial charge in [-0.25, -0.2) is 23.4 Å². The van der Waals surface area contributed by atoms with E-state index in [0.717, 1.165) is 55.3 Å². The minimum absolute atomic E-state index is 0.156. The lowest BCUT2D eigenvalue weighted by atomic mass is 10.1. The molecular formula is C24H23F2N7O. The molecule has 4 aromatic rings. The highest BCUT2D eigenvalue weighted by molar-refractivity contribution is 5.98. The Balaban J connectivity index is 1.38. The van der Waals surface area contributed by atoms with Gasteiger partial charge in [-0.05, 0) is 43.1 Å². The van der Waals surface area contributed by atoms with Crippen molar-refractivity contribution in [1.82, 2.24) is 30.4 Å². The number of carbonyl (C=O) groups is 1. The number of hydrogen-bond acceptors (Lipinski definition) is 6. The normalized spacial score (nSPS) is 16.0. The van der Waals surface area contributed by atoms with Gasteiger partial charge in [-0.1, -0.05) is 24.3 Å². The molecule has 174 valence electrons. The van der Waals surface area contributed by atoms with Crippen molar-refractivity contribution in [3.05, 3.63) is 71.6 Å². The summed E-state index contributed by atoms with van der Waals surface area (Å²) in [6, 6.07) is 10.4. The van der Waals surface area contributed by atoms with Crippen LogP contribution in [0.25, 0.3) is 22.3 Å². The monoisotopic (exact) mass is 463 g/mol. The first-order chi connectivity index (χ1) is 16.5. The smallest absolute Gasteiger partial charge is 0.254 e. The zero-order chi connectivity index (χ0) is 23.7. The highest BCUT2D eigenvalue weighted by Crippen LogP contribution is 2.33. The Bertz CT molecular complexity index is 1350. The Morgan fingerprint density at radius 1 is 1.18 bits per heavy atom. The van der Waals surface area contributed by atoms with E-state index in [1.165, 1.54) is 6.33 Å². The molecule has 1 aliphatic heterocycles. The molecule has 1 fully saturated rings. The minimum atomic E-state index is -0.773. The number of rotatable bonds is 5. The van der Waals surface area contributed by atoms with Crippen LogP contribution < -0.4 is 16.4 Å². The Kier molecular flexibility index (Phi) is 5.89. The van der Waals surface area contributed by atoms with Crippen LogP contribution in [0, 0.1) is 11.6 Å². The number of anilines is 1. The Morgan fingerprint density at radius 2 is 2.00 bits per heavy atom. The Hall–Kier alpha value is -3.92. The Morgan fingerprint density at radius 3 is 2.76 bits per heavy atom. The number of nitrogens with two attached hydrogens (primary N) is 1. The van der Waals surface area contributed by atoms with Gasteiger partial charge < -0.3 is 16.4 Å². The third-order valence-corrected chi connectivity index (χ3v) is 5.99. The largest absolute Gasteiger partial charge is 0.383 e. The minimum Gasteiger partial charge on any atom is -0.383 e. The topological polar surface area (TPSA) is 111 Å². The summed E-state index contributed by atoms with van der Waals surface area (Å²) in [4.78, 5) is 20.9. The molecule has 4 N–H and O–H groups in total. The number of fused-ring (bicyclic) bond motifs is 1. The lowest BCUT2D eigenvalue weighted by Gasteiger charge is -2.23. The van der Waals surface area contributed by atoms with Gasteiger partial charge in [0.05, 0.1) is 17.0 Å². The van der Waals surface area contributed by atoms with E-state index in [1.807, 2.05) is 28.9 Å². The van der Waals surface area contributed by atoms with Gasteiger partial charge in [0.15, 0.2) is 5.65 Å². The van der Waals surface area contributed by atoms with Crippen molar-refractivity contribution in [3.63, 3.8) is 0 Å². The standard InChI is InChI=1S/C24H23F2N7O/c25-16-7-8-19(26)18(10-16)24(34)29-11-14-3-5-15(6-4-14)21-20-22(27)30-13-31-23(20)33(32-21)17-2-1-9-28-12-17/h3-8,10,13,17,28H,1-2,9,11-12H2,(H,29,34)(H2,27,30,31)/t17-/m1/s1. The highest BCUT2D eigenvalue weighted by Gasteiger charge is 2.23. The first kappa shape index (κ1) is 21.9. The molecule has 5 rings (SSSR count). The molecule has 0 unspecified atom stereocenters. The third kappa shape index (κ3) is 4.19. The molecule has 8 nitrogen and oxygen atoms in total. The summed E-state index contributed by atoms with van der Waals surface area (Å²) in [5, 5.41) is 11.6. The van der Waals surface area contributed by atoms with Gasteiger partial charge in [0.25, 0.3) is 5.91 Å². The average molecular weight is 463 g/mol. The number of carbonyl (C=O) groups excluding carboxylic acids is 1. The molecular weight excluding hydrogens is 440 g/mol. The van der Waals surface area contributed by atoms with Crippen LogP contribution in [0.2, 0.25) is 0 Å². The van der Waals surface area contributed by atoms with E-state index < -0.39 is 17.5 Å². The maximum Gasteiger partial charge on any atom is 0.254 e. The lowest BCUT2D eigenvalue weighted by molar-refractivity contribution is 0.0946. The zero-order valence-electron chi connectivity index (χ0n) is 18.3. The van der Waals surface area contributed by atoms with Crippen molar-refractivity contribution in [3.8, 4) is 11.3 Å². The predicted molar refractivity (Wildman–Crippen MR) is 124 cm³/mol. The average Bonchev–Trinajstić information content (AvgIpc) is 3.26. The number of nitrogens with zero attached hydrogens (tertiary/aromatic N) is 4. The molecule has 1 amide bonds. The predicted octanol–water partition coefficient (Wildman–Crippen LogP) is 3.21. The molecule has 0 saturated carbocycles. The molecule has 2 aromatic carbocycles. The second-order valence-electron chi connectivity index (χ2n) is 8.25. The molecule has 0 aliphatic carbocycles. The van der Waals surface area contributed by atoms with Crippen LogP contribution in [-0.4, -0.2) is 38.7 Å². The molecule has 34 heavy (non-hydrogen) atoms. The van der Waals surface area contributed by atoms with Crippen LogP contribution in [0.4, 0.5) is 14.6 Å². The number of amides is 1. The SMILES string of the molecule is Nc1ncnc2c1c(-c1ccc(CNC(=O)c3cc(F)ccc3F)cc1)nn2[C@@H]1CCCNC1. The molecule has 1 saturated heterocycles. The van der Waals surface area contributed by atoms with Gasteiger partial charge in [-0.15, -0.1) is 0 Å². The molecule has 0 radical (unpaired) electrons. The van der Waals surface area contributed by atoms with Gasteiger partial charge in [-0.2, -0.15) is 5.10 Å². The van der Waals surface area contributed by atoms with Crippen LogP contribution in [-0.2, 0) is 6.54 Å². The fourth-order valence-electron chi connectivity index (χ4n) is 4.22. The first-order valence-corrected chi connectivity index (χ1v) is 11.0. The summed E-state index contributed by atoms with van der Waals surface area (Å²) in [7, 11) is 0. The number of aromatic nitrogens is 4. The maximum absolute atomic E-state index is 13.8. The Labute approximate surface area is 194 Å². The van der Waals surface area contributed by atoms with Gasteiger partial charge in [0.2, 0.25) is 0 Å². The molecule has 1 aliphatic rings. The summed E-state index contributed by atoms with van der Waals surface area (Å²) >= 11 is 0. The summed E-state index contributed by atoms with van der Waals surface area (Å²) in [5.74, 6) is -1.76. The van der Waals surface area contributed by atoms with Gasteiger partial charge in [0.1, 0.15) is 29.5 Å². The van der Waals surface area contributed by atoms with Crippen molar-refractivity contribution >= 4 is 22.8 Å². The number of benzene rings is 2. The lowest BCUT2D eigenvalue weighted by Crippen LogP contribution is -2.32. The van der Waals surface area contributed by atoms with E-state index in [9.17, 15) is 13.6 Å². The van der Waals surface area contributed by atoms with Crippen LogP contribution in [0.3, 0.4) is 0 Å². The molecule has 1 atom stereocenters. The van der Waals surface area contributed by atoms with E-state index in [0.29, 0.717) is 22.5 Å². The van der Waals surface area contributed by atoms with Crippen LogP contribution >= 0.6 is 0 Å². The van der Waals surface area contributed by atoms with Crippen molar-refractivity contribution in [2.75, 3.05) is 18.8 Å². The zero-order valence-corrected chi connectivity index (χ0v) is 18.3. The molecule has 0 spiro atoms. The van der Waals surface area contributed by atoms with E-state index in [-0.39, 0.29) is 18.2 Å². The fourth-order valence-corrected chi connectivity index (χ4v) is 4.22. The van der Waals surface area contributed by atoms with E-state index in [2.05, 4.69) is 20.6 Å². The van der Waals surface area contributed by atoms with Crippen molar-refractivity contribution in [2.24, 2.45) is 0 Å². The van der Waals surface area contributed by atoms with E-state index >= 15 is 0 Å². The summed E-state index contributed by atoms with van der Waals surface area (Å²) < 4.78 is 29.1. The number of halogens is 2. The summed E-state index contributed by atoms with van der Waals surface area (Å²) in [6.45, 7) is 1.96. The van der Waals surface area contributed by atoms with Crippen LogP contribution in [0.1, 0.15) is 34.8 Å². The van der Waals surface area contributed by atoms with Crippen molar-refractivity contribution in [1.29, 1.82) is 0 Å². The molecule has 0 bridgehead atoms. The number of piperidine rings is 1. The van der Waals surface area contributed by atoms with E-state index in [1.54, 1.807) is 0 Å². The molecule has 10 heteroatoms. The fraction of sp³-hybridized carbons (Fsp3) is 0.250. The maximum atomic E-state index is 13.8. The summed E-state index contributed by atoms with van der Waals surface area (Å²) in [6.07, 6.45) is 3.50. The number of nitrogen functional groups attached to an aromatic ring is 1. The van der Waals surface area contributed by atoms with Crippen molar-refractivity contribution in [2.45, 2.75) is 25.4 Å². The second kappa shape index (κ2) is 9.14. The second-order valence-corrected chi connectivity index (χ2v) is 8.25. The van der Waals surface area contributed by atoms with Gasteiger partial charge in [0, 0.05) is 18.7 Å². The van der Waals surface area contributed by atoms with E-state index in [4.69, 9.17) is 10.8 Å². The quantitative estimate of drug-likeness (QED) is 0.419. The van der Waals surface area contributed by atoms with Crippen LogP contribution in [0.15, 0.2) is 48.8 Å². The van der Waals surface area contributed by atoms with Crippen molar-refractivity contribution < 1.29 is 13.6 Å².